The molecule has 2 aromatic heterocycles. The molecule has 3 unspecified atom stereocenters. The van der Waals surface area contributed by atoms with Gasteiger partial charge in [0, 0.05) is 23.7 Å². The van der Waals surface area contributed by atoms with Gasteiger partial charge in [0.15, 0.2) is 0 Å². The number of hydrogen-bond acceptors (Lipinski definition) is 5. The molecular formula is C17H26N5O2P. The molecule has 4 N–H and O–H groups in total. The number of pyridine rings is 1. The first-order valence-corrected chi connectivity index (χ1v) is 9.01. The third-order valence-electron chi connectivity index (χ3n) is 4.27. The summed E-state index contributed by atoms with van der Waals surface area (Å²) >= 11 is 0. The summed E-state index contributed by atoms with van der Waals surface area (Å²) in [6.45, 7) is 5.59. The number of alkyl carbamates (subject to hydrolysis) is 1. The van der Waals surface area contributed by atoms with Crippen LogP contribution < -0.4 is 16.4 Å². The van der Waals surface area contributed by atoms with Gasteiger partial charge in [0.2, 0.25) is 0 Å². The minimum Gasteiger partial charge on any atom is -0.444 e. The van der Waals surface area contributed by atoms with Crippen molar-refractivity contribution in [1.29, 1.82) is 0 Å². The first kappa shape index (κ1) is 17.8. The second-order valence-corrected chi connectivity index (χ2v) is 8.10. The van der Waals surface area contributed by atoms with Crippen molar-refractivity contribution in [1.82, 2.24) is 14.6 Å². The largest absolute Gasteiger partial charge is 0.444 e. The van der Waals surface area contributed by atoms with E-state index in [-0.39, 0.29) is 18.2 Å². The van der Waals surface area contributed by atoms with Crippen LogP contribution in [0.3, 0.4) is 0 Å². The number of nitrogens with two attached hydrogens (primary N) is 1. The molecule has 0 saturated heterocycles. The third kappa shape index (κ3) is 4.15. The zero-order valence-corrected chi connectivity index (χ0v) is 16.0. The Bertz CT molecular complexity index is 783. The van der Waals surface area contributed by atoms with E-state index in [0.717, 1.165) is 36.0 Å². The monoisotopic (exact) mass is 363 g/mol. The maximum atomic E-state index is 11.9. The highest BCUT2D eigenvalue weighted by Crippen LogP contribution is 2.32. The Morgan fingerprint density at radius 2 is 2.12 bits per heavy atom. The number of hydrogen-bond donors (Lipinski definition) is 3. The second kappa shape index (κ2) is 6.71. The van der Waals surface area contributed by atoms with Gasteiger partial charge in [0.05, 0.1) is 17.6 Å². The Morgan fingerprint density at radius 1 is 1.40 bits per heavy atom. The fraction of sp³-hybridized carbons (Fsp3) is 0.529. The zero-order chi connectivity index (χ0) is 18.2. The number of ether oxygens (including phenoxy) is 1. The fourth-order valence-corrected chi connectivity index (χ4v) is 3.50. The summed E-state index contributed by atoms with van der Waals surface area (Å²) in [7, 11) is 2.61. The Morgan fingerprint density at radius 3 is 2.84 bits per heavy atom. The number of rotatable bonds is 3. The van der Waals surface area contributed by atoms with Gasteiger partial charge in [-0.2, -0.15) is 0 Å². The van der Waals surface area contributed by atoms with E-state index in [1.807, 2.05) is 37.4 Å². The molecule has 1 amide bonds. The van der Waals surface area contributed by atoms with Gasteiger partial charge in [-0.1, -0.05) is 0 Å². The van der Waals surface area contributed by atoms with Gasteiger partial charge < -0.3 is 25.4 Å². The molecular weight excluding hydrogens is 337 g/mol. The molecule has 0 radical (unpaired) electrons. The lowest BCUT2D eigenvalue weighted by Gasteiger charge is -2.22. The van der Waals surface area contributed by atoms with Gasteiger partial charge in [-0.05, 0) is 55.5 Å². The highest BCUT2D eigenvalue weighted by molar-refractivity contribution is 7.14. The van der Waals surface area contributed by atoms with Crippen molar-refractivity contribution in [3.8, 4) is 0 Å². The fourth-order valence-electron chi connectivity index (χ4n) is 3.20. The number of fused-ring (bicyclic) bond motifs is 1. The Labute approximate surface area is 149 Å². The molecule has 0 spiro atoms. The highest BCUT2D eigenvalue weighted by atomic mass is 31.0. The van der Waals surface area contributed by atoms with Crippen LogP contribution in [0.25, 0.3) is 11.0 Å². The topological polar surface area (TPSA) is 94.2 Å². The van der Waals surface area contributed by atoms with Crippen molar-refractivity contribution in [2.24, 2.45) is 0 Å². The molecule has 2 heterocycles. The van der Waals surface area contributed by atoms with Gasteiger partial charge >= 0.3 is 6.09 Å². The molecule has 0 bridgehead atoms. The summed E-state index contributed by atoms with van der Waals surface area (Å²) in [5.41, 5.74) is 8.05. The van der Waals surface area contributed by atoms with E-state index < -0.39 is 5.60 Å². The van der Waals surface area contributed by atoms with Crippen LogP contribution in [0.5, 0.6) is 0 Å². The van der Waals surface area contributed by atoms with E-state index in [1.165, 1.54) is 0 Å². The molecule has 1 aliphatic carbocycles. The number of carbonyl (C=O) groups excluding carboxylic acids is 1. The molecule has 0 aromatic carbocycles. The smallest absolute Gasteiger partial charge is 0.407 e. The molecule has 1 saturated carbocycles. The summed E-state index contributed by atoms with van der Waals surface area (Å²) in [5.74, 6) is 0. The molecule has 3 rings (SSSR count). The maximum Gasteiger partial charge on any atom is 0.407 e. The molecule has 8 heteroatoms. The van der Waals surface area contributed by atoms with Gasteiger partial charge in [0.25, 0.3) is 0 Å². The van der Waals surface area contributed by atoms with Crippen molar-refractivity contribution in [3.63, 3.8) is 0 Å². The lowest BCUT2D eigenvalue weighted by atomic mass is 10.2. The van der Waals surface area contributed by atoms with Crippen LogP contribution in [0.2, 0.25) is 0 Å². The molecule has 0 aliphatic heterocycles. The van der Waals surface area contributed by atoms with Crippen molar-refractivity contribution in [2.45, 2.75) is 57.7 Å². The van der Waals surface area contributed by atoms with Gasteiger partial charge in [0.1, 0.15) is 11.2 Å². The van der Waals surface area contributed by atoms with E-state index in [2.05, 4.69) is 25.0 Å². The molecule has 136 valence electrons. The number of anilines is 2. The number of nitrogen functional groups attached to an aromatic ring is 1. The predicted molar refractivity (Wildman–Crippen MR) is 104 cm³/mol. The number of aromatic nitrogens is 2. The third-order valence-corrected chi connectivity index (χ3v) is 4.69. The molecule has 2 aromatic rings. The normalized spacial score (nSPS) is 20.6. The Balaban J connectivity index is 1.64. The number of carbonyl (C=O) groups is 1. The van der Waals surface area contributed by atoms with Crippen LogP contribution >= 0.6 is 9.39 Å². The average Bonchev–Trinajstić information content (AvgIpc) is 3.07. The molecule has 7 nitrogen and oxygen atoms in total. The van der Waals surface area contributed by atoms with Crippen LogP contribution in [0, 0.1) is 0 Å². The minimum atomic E-state index is -0.483. The first-order chi connectivity index (χ1) is 11.7. The number of amides is 1. The van der Waals surface area contributed by atoms with E-state index in [9.17, 15) is 4.79 Å². The van der Waals surface area contributed by atoms with Crippen LogP contribution in [-0.2, 0) is 4.74 Å². The van der Waals surface area contributed by atoms with Crippen LogP contribution in [0.1, 0.15) is 40.0 Å². The van der Waals surface area contributed by atoms with Crippen molar-refractivity contribution < 1.29 is 9.53 Å². The standard InChI is InChI=1S/C17H26N5O2P/c1-17(2,3)24-16(23)21-11-5-4-10(8-11)20-14-12-6-7-22(25)15(12)19-9-13(14)18/h6-7,9-11H,4-5,8,18,25H2,1-3H3,(H,19,20)(H,21,23). The van der Waals surface area contributed by atoms with Crippen molar-refractivity contribution >= 4 is 37.9 Å². The lowest BCUT2D eigenvalue weighted by molar-refractivity contribution is 0.0505. The van der Waals surface area contributed by atoms with Crippen LogP contribution in [0.15, 0.2) is 18.5 Å². The van der Waals surface area contributed by atoms with Crippen molar-refractivity contribution in [3.05, 3.63) is 18.5 Å². The summed E-state index contributed by atoms with van der Waals surface area (Å²) in [4.78, 5) is 16.3. The van der Waals surface area contributed by atoms with E-state index in [0.29, 0.717) is 5.69 Å². The maximum absolute atomic E-state index is 11.9. The molecule has 3 atom stereocenters. The first-order valence-electron chi connectivity index (χ1n) is 8.49. The quantitative estimate of drug-likeness (QED) is 0.729. The summed E-state index contributed by atoms with van der Waals surface area (Å²) in [6.07, 6.45) is 5.97. The number of nitrogens with zero attached hydrogens (tertiary/aromatic N) is 2. The van der Waals surface area contributed by atoms with Gasteiger partial charge in [-0.15, -0.1) is 0 Å². The average molecular weight is 363 g/mol. The Kier molecular flexibility index (Phi) is 4.78. The summed E-state index contributed by atoms with van der Waals surface area (Å²) in [6, 6.07) is 2.36. The molecule has 1 aliphatic rings. The van der Waals surface area contributed by atoms with Crippen molar-refractivity contribution in [2.75, 3.05) is 11.1 Å². The van der Waals surface area contributed by atoms with E-state index in [1.54, 1.807) is 6.20 Å². The summed E-state index contributed by atoms with van der Waals surface area (Å²) in [5, 5.41) is 7.49. The number of nitrogens with one attached hydrogen (secondary N) is 2. The molecule has 25 heavy (non-hydrogen) atoms. The summed E-state index contributed by atoms with van der Waals surface area (Å²) < 4.78 is 7.22. The lowest BCUT2D eigenvalue weighted by Crippen LogP contribution is -2.38. The SMILES string of the molecule is CC(C)(C)OC(=O)NC1CCC(Nc2c(N)cnc3c2ccn3P)C1. The van der Waals surface area contributed by atoms with Crippen LogP contribution in [-0.4, -0.2) is 33.1 Å². The van der Waals surface area contributed by atoms with E-state index in [4.69, 9.17) is 10.5 Å². The van der Waals surface area contributed by atoms with Crippen LogP contribution in [0.4, 0.5) is 16.2 Å². The second-order valence-electron chi connectivity index (χ2n) is 7.55. The Hall–Kier alpha value is -2.01. The molecule has 1 fully saturated rings. The van der Waals surface area contributed by atoms with E-state index >= 15 is 0 Å². The predicted octanol–water partition coefficient (Wildman–Crippen LogP) is 3.11. The minimum absolute atomic E-state index is 0.109. The van der Waals surface area contributed by atoms with Gasteiger partial charge in [-0.25, -0.2) is 9.78 Å². The van der Waals surface area contributed by atoms with Gasteiger partial charge in [-0.3, -0.25) is 0 Å². The zero-order valence-electron chi connectivity index (χ0n) is 14.9. The highest BCUT2D eigenvalue weighted by Gasteiger charge is 2.28.